The first-order chi connectivity index (χ1) is 44.1. The first-order valence-corrected chi connectivity index (χ1v) is 38.6. The Kier molecular flexibility index (Phi) is 57.4. The number of aliphatic hydroxyl groups excluding tert-OH is 8. The van der Waals surface area contributed by atoms with Crippen molar-refractivity contribution in [2.45, 2.75) is 434 Å². The summed E-state index contributed by atoms with van der Waals surface area (Å²) in [5, 5.41) is 87.8. The summed E-state index contributed by atoms with van der Waals surface area (Å²) < 4.78 is 23.0. The van der Waals surface area contributed by atoms with Gasteiger partial charge in [0.2, 0.25) is 5.91 Å². The van der Waals surface area contributed by atoms with Gasteiger partial charge in [-0.3, -0.25) is 4.79 Å². The number of hydrogen-bond donors (Lipinski definition) is 9. The van der Waals surface area contributed by atoms with Gasteiger partial charge in [-0.05, 0) is 44.9 Å². The predicted octanol–water partition coefficient (Wildman–Crippen LogP) is 16.7. The molecule has 2 saturated heterocycles. The van der Waals surface area contributed by atoms with Gasteiger partial charge in [-0.2, -0.15) is 0 Å². The number of aliphatic hydroxyl groups is 8. The number of unbranched alkanes of at least 4 members (excludes halogenated alkanes) is 48. The zero-order valence-electron chi connectivity index (χ0n) is 58.2. The minimum Gasteiger partial charge on any atom is -0.394 e. The summed E-state index contributed by atoms with van der Waals surface area (Å²) in [6.45, 7) is 2.91. The van der Waals surface area contributed by atoms with E-state index in [1.807, 2.05) is 0 Å². The Bertz CT molecular complexity index is 1600. The highest BCUT2D eigenvalue weighted by molar-refractivity contribution is 5.76. The molecule has 12 unspecified atom stereocenters. The van der Waals surface area contributed by atoms with Crippen LogP contribution in [0.2, 0.25) is 0 Å². The molecule has 2 aliphatic heterocycles. The molecule has 14 nitrogen and oxygen atoms in total. The van der Waals surface area contributed by atoms with Gasteiger partial charge in [0.05, 0.1) is 32.0 Å². The Labute approximate surface area is 551 Å². The molecule has 14 heteroatoms. The molecule has 90 heavy (non-hydrogen) atoms. The number of amides is 1. The predicted molar refractivity (Wildman–Crippen MR) is 369 cm³/mol. The molecule has 0 spiro atoms. The van der Waals surface area contributed by atoms with Gasteiger partial charge in [0, 0.05) is 6.42 Å². The fraction of sp³-hybridized carbons (Fsp3) is 0.934. The molecule has 532 valence electrons. The standard InChI is InChI=1S/C76H145NO13/c1-3-5-7-9-11-13-15-17-19-21-23-25-27-28-29-30-31-32-33-34-35-36-38-39-41-43-45-47-49-51-53-55-57-59-65(80)64(63-87-75-73(86)71(84)74(67(62-79)89-75)90-76-72(85)70(83)69(82)66(61-78)88-76)77-68(81)60-58-56-54-52-50-48-46-44-42-40-37-26-24-22-20-18-16-14-12-10-8-6-4-2/h16,18,22,24,64-67,69-76,78-80,82-86H,3-15,17,19-21,23,25-63H2,1-2H3,(H,77,81)/b18-16-,24-22-. The van der Waals surface area contributed by atoms with E-state index in [4.69, 9.17) is 18.9 Å². The molecule has 0 saturated carbocycles. The van der Waals surface area contributed by atoms with Crippen molar-refractivity contribution >= 4 is 5.91 Å². The highest BCUT2D eigenvalue weighted by atomic mass is 16.7. The SMILES string of the molecule is CCCCCCC/C=C\C/C=C\CCCCCCCCCCCCCC(=O)NC(COC1OC(CO)C(OC2OC(CO)C(O)C(O)C2O)C(O)C1O)C(O)CCCCCCCCCCCCCCCCCCCCCCCCCCCCCCCCCCC. The van der Waals surface area contributed by atoms with Gasteiger partial charge in [-0.25, -0.2) is 0 Å². The van der Waals surface area contributed by atoms with Crippen LogP contribution in [0.1, 0.15) is 361 Å². The van der Waals surface area contributed by atoms with E-state index in [1.54, 1.807) is 0 Å². The third kappa shape index (κ3) is 44.3. The van der Waals surface area contributed by atoms with Crippen molar-refractivity contribution in [1.29, 1.82) is 0 Å². The van der Waals surface area contributed by atoms with E-state index in [1.165, 1.54) is 276 Å². The van der Waals surface area contributed by atoms with Crippen molar-refractivity contribution in [3.8, 4) is 0 Å². The molecule has 1 amide bonds. The van der Waals surface area contributed by atoms with Crippen molar-refractivity contribution in [3.63, 3.8) is 0 Å². The Morgan fingerprint density at radius 1 is 0.400 bits per heavy atom. The van der Waals surface area contributed by atoms with Gasteiger partial charge < -0.3 is 65.1 Å². The number of nitrogens with one attached hydrogen (secondary N) is 1. The van der Waals surface area contributed by atoms with E-state index in [0.29, 0.717) is 12.8 Å². The quantitative estimate of drug-likeness (QED) is 0.0204. The maximum Gasteiger partial charge on any atom is 0.220 e. The van der Waals surface area contributed by atoms with Gasteiger partial charge in [0.25, 0.3) is 0 Å². The minimum atomic E-state index is -1.78. The van der Waals surface area contributed by atoms with Gasteiger partial charge >= 0.3 is 0 Å². The summed E-state index contributed by atoms with van der Waals surface area (Å²) in [5.74, 6) is -0.203. The van der Waals surface area contributed by atoms with Crippen molar-refractivity contribution in [2.75, 3.05) is 19.8 Å². The topological polar surface area (TPSA) is 228 Å². The fourth-order valence-electron chi connectivity index (χ4n) is 13.0. The van der Waals surface area contributed by atoms with E-state index in [-0.39, 0.29) is 12.5 Å². The summed E-state index contributed by atoms with van der Waals surface area (Å²) in [6.07, 6.45) is 60.7. The maximum absolute atomic E-state index is 13.4. The second kappa shape index (κ2) is 61.1. The Morgan fingerprint density at radius 3 is 1.11 bits per heavy atom. The Balaban J connectivity index is 1.61. The lowest BCUT2D eigenvalue weighted by atomic mass is 9.97. The molecule has 2 rings (SSSR count). The normalized spacial score (nSPS) is 23.0. The number of allylic oxidation sites excluding steroid dienone is 4. The molecule has 0 aromatic heterocycles. The second-order valence-electron chi connectivity index (χ2n) is 27.5. The van der Waals surface area contributed by atoms with Crippen LogP contribution in [-0.4, -0.2) is 140 Å². The van der Waals surface area contributed by atoms with Crippen LogP contribution in [-0.2, 0) is 23.7 Å². The van der Waals surface area contributed by atoms with Crippen LogP contribution in [0.3, 0.4) is 0 Å². The van der Waals surface area contributed by atoms with Gasteiger partial charge in [-0.1, -0.05) is 334 Å². The minimum absolute atomic E-state index is 0.203. The van der Waals surface area contributed by atoms with Crippen LogP contribution in [0.25, 0.3) is 0 Å². The van der Waals surface area contributed by atoms with E-state index in [2.05, 4.69) is 43.5 Å². The van der Waals surface area contributed by atoms with Crippen LogP contribution >= 0.6 is 0 Å². The molecule has 0 aromatic rings. The average molecular weight is 1280 g/mol. The average Bonchev–Trinajstić information content (AvgIpc) is 1.28. The van der Waals surface area contributed by atoms with E-state index >= 15 is 0 Å². The third-order valence-corrected chi connectivity index (χ3v) is 19.2. The molecule has 2 aliphatic rings. The summed E-state index contributed by atoms with van der Waals surface area (Å²) >= 11 is 0. The van der Waals surface area contributed by atoms with Crippen LogP contribution < -0.4 is 5.32 Å². The van der Waals surface area contributed by atoms with Gasteiger partial charge in [-0.15, -0.1) is 0 Å². The second-order valence-corrected chi connectivity index (χ2v) is 27.5. The number of carbonyl (C=O) groups excluding carboxylic acids is 1. The highest BCUT2D eigenvalue weighted by Gasteiger charge is 2.51. The van der Waals surface area contributed by atoms with Crippen molar-refractivity contribution < 1.29 is 64.6 Å². The summed E-state index contributed by atoms with van der Waals surface area (Å²) in [4.78, 5) is 13.4. The molecular weight excluding hydrogens is 1130 g/mol. The van der Waals surface area contributed by atoms with Crippen molar-refractivity contribution in [2.24, 2.45) is 0 Å². The van der Waals surface area contributed by atoms with Crippen LogP contribution in [0.4, 0.5) is 0 Å². The van der Waals surface area contributed by atoms with Crippen LogP contribution in [0.5, 0.6) is 0 Å². The molecule has 0 aliphatic carbocycles. The highest BCUT2D eigenvalue weighted by Crippen LogP contribution is 2.30. The monoisotopic (exact) mass is 1280 g/mol. The first-order valence-electron chi connectivity index (χ1n) is 38.6. The molecule has 0 aromatic carbocycles. The summed E-state index contributed by atoms with van der Waals surface area (Å²) in [6, 6.07) is -0.831. The maximum atomic E-state index is 13.4. The molecule has 0 radical (unpaired) electrons. The zero-order chi connectivity index (χ0) is 65.2. The first kappa shape index (κ1) is 84.6. The summed E-state index contributed by atoms with van der Waals surface area (Å²) in [7, 11) is 0. The lowest BCUT2D eigenvalue weighted by Gasteiger charge is -2.46. The Morgan fingerprint density at radius 2 is 0.733 bits per heavy atom. The molecule has 2 fully saturated rings. The number of rotatable bonds is 65. The van der Waals surface area contributed by atoms with Crippen LogP contribution in [0, 0.1) is 0 Å². The Hall–Kier alpha value is -1.53. The van der Waals surface area contributed by atoms with Gasteiger partial charge in [0.1, 0.15) is 48.8 Å². The van der Waals surface area contributed by atoms with Crippen molar-refractivity contribution in [3.05, 3.63) is 24.3 Å². The smallest absolute Gasteiger partial charge is 0.220 e. The lowest BCUT2D eigenvalue weighted by Crippen LogP contribution is -2.65. The lowest BCUT2D eigenvalue weighted by molar-refractivity contribution is -0.359. The van der Waals surface area contributed by atoms with Crippen molar-refractivity contribution in [1.82, 2.24) is 5.32 Å². The number of hydrogen-bond acceptors (Lipinski definition) is 13. The summed E-state index contributed by atoms with van der Waals surface area (Å²) in [5.41, 5.74) is 0. The largest absolute Gasteiger partial charge is 0.394 e. The van der Waals surface area contributed by atoms with Gasteiger partial charge in [0.15, 0.2) is 12.6 Å². The number of carbonyl (C=O) groups is 1. The van der Waals surface area contributed by atoms with E-state index < -0.39 is 86.8 Å². The zero-order valence-corrected chi connectivity index (χ0v) is 58.2. The van der Waals surface area contributed by atoms with Crippen LogP contribution in [0.15, 0.2) is 24.3 Å². The molecule has 12 atom stereocenters. The fourth-order valence-corrected chi connectivity index (χ4v) is 13.0. The van der Waals surface area contributed by atoms with E-state index in [9.17, 15) is 45.6 Å². The number of ether oxygens (including phenoxy) is 4. The third-order valence-electron chi connectivity index (χ3n) is 19.2. The molecular formula is C76H145NO13. The molecule has 0 bridgehead atoms. The molecule has 2 heterocycles. The molecule has 9 N–H and O–H groups in total. The van der Waals surface area contributed by atoms with E-state index in [0.717, 1.165) is 57.8 Å².